The van der Waals surface area contributed by atoms with Crippen molar-refractivity contribution < 1.29 is 14.2 Å². The monoisotopic (exact) mass is 110 g/mol. The lowest BCUT2D eigenvalue weighted by molar-refractivity contribution is -0.0250. The molecule has 0 amide bonds. The Balaban J connectivity index is 0. The van der Waals surface area contributed by atoms with Crippen LogP contribution in [-0.2, 0) is 9.47 Å². The molecule has 0 N–H and O–H groups in total. The molecule has 0 rings (SSSR count). The van der Waals surface area contributed by atoms with Gasteiger partial charge in [0, 0.05) is 13.7 Å². The third kappa shape index (κ3) is 10.7. The van der Waals surface area contributed by atoms with Gasteiger partial charge in [-0.25, -0.2) is 0 Å². The van der Waals surface area contributed by atoms with Crippen molar-refractivity contribution in [2.45, 2.75) is 6.92 Å². The molecular formula is C4H11FO2. The van der Waals surface area contributed by atoms with E-state index in [0.29, 0.717) is 6.79 Å². The molecule has 0 saturated heterocycles. The minimum absolute atomic E-state index is 0. The smallest absolute Gasteiger partial charge is 0.146 e. The van der Waals surface area contributed by atoms with Gasteiger partial charge in [0.15, 0.2) is 0 Å². The van der Waals surface area contributed by atoms with Gasteiger partial charge in [0.2, 0.25) is 0 Å². The Morgan fingerprint density at radius 3 is 2.14 bits per heavy atom. The lowest BCUT2D eigenvalue weighted by Crippen LogP contribution is -1.93. The Labute approximate surface area is 42.8 Å². The van der Waals surface area contributed by atoms with Crippen molar-refractivity contribution >= 4 is 0 Å². The number of halogens is 1. The molecule has 0 heterocycles. The first-order chi connectivity index (χ1) is 2.91. The molecule has 0 aliphatic carbocycles. The molecule has 0 unspecified atom stereocenters. The molecular weight excluding hydrogens is 99.0 g/mol. The zero-order valence-electron chi connectivity index (χ0n) is 4.64. The molecule has 0 aliphatic rings. The van der Waals surface area contributed by atoms with E-state index in [2.05, 4.69) is 4.74 Å². The highest BCUT2D eigenvalue weighted by Crippen LogP contribution is 1.68. The van der Waals surface area contributed by atoms with Gasteiger partial charge in [0.05, 0.1) is 0 Å². The van der Waals surface area contributed by atoms with Crippen LogP contribution >= 0.6 is 0 Å². The summed E-state index contributed by atoms with van der Waals surface area (Å²) in [6.45, 7) is 3.07. The van der Waals surface area contributed by atoms with Crippen LogP contribution in [0.1, 0.15) is 6.92 Å². The summed E-state index contributed by atoms with van der Waals surface area (Å²) in [6, 6.07) is 0. The van der Waals surface area contributed by atoms with Crippen LogP contribution < -0.4 is 0 Å². The maximum atomic E-state index is 4.76. The van der Waals surface area contributed by atoms with Gasteiger partial charge in [-0.15, -0.1) is 0 Å². The fourth-order valence-corrected chi connectivity index (χ4v) is 0.167. The maximum Gasteiger partial charge on any atom is 0.146 e. The second-order valence-corrected chi connectivity index (χ2v) is 0.899. The zero-order valence-corrected chi connectivity index (χ0v) is 4.64. The van der Waals surface area contributed by atoms with Gasteiger partial charge in [0.25, 0.3) is 0 Å². The van der Waals surface area contributed by atoms with Crippen molar-refractivity contribution in [1.29, 1.82) is 0 Å². The van der Waals surface area contributed by atoms with Gasteiger partial charge < -0.3 is 9.47 Å². The Bertz CT molecular complexity index is 21.7. The van der Waals surface area contributed by atoms with E-state index in [-0.39, 0.29) is 4.70 Å². The highest BCUT2D eigenvalue weighted by molar-refractivity contribution is 4.02. The van der Waals surface area contributed by atoms with Crippen LogP contribution in [-0.4, -0.2) is 20.5 Å². The number of rotatable bonds is 3. The summed E-state index contributed by atoms with van der Waals surface area (Å²) < 4.78 is 9.32. The second kappa shape index (κ2) is 9.28. The molecule has 0 aromatic carbocycles. The van der Waals surface area contributed by atoms with E-state index in [1.807, 2.05) is 6.92 Å². The Morgan fingerprint density at radius 2 is 2.00 bits per heavy atom. The van der Waals surface area contributed by atoms with E-state index < -0.39 is 0 Å². The van der Waals surface area contributed by atoms with E-state index in [4.69, 9.17) is 4.74 Å². The van der Waals surface area contributed by atoms with Crippen LogP contribution in [0.25, 0.3) is 0 Å². The molecule has 0 aromatic rings. The molecule has 0 bridgehead atoms. The Kier molecular flexibility index (Phi) is 13.2. The van der Waals surface area contributed by atoms with Crippen LogP contribution in [0.15, 0.2) is 0 Å². The Morgan fingerprint density at radius 1 is 1.43 bits per heavy atom. The minimum Gasteiger partial charge on any atom is -0.359 e. The van der Waals surface area contributed by atoms with Crippen LogP contribution in [0.3, 0.4) is 0 Å². The quantitative estimate of drug-likeness (QED) is 0.395. The maximum absolute atomic E-state index is 4.76. The summed E-state index contributed by atoms with van der Waals surface area (Å²) in [5, 5.41) is 0. The van der Waals surface area contributed by atoms with Crippen molar-refractivity contribution in [2.24, 2.45) is 0 Å². The highest BCUT2D eigenvalue weighted by atomic mass is 19.0. The molecule has 0 spiro atoms. The van der Waals surface area contributed by atoms with Crippen molar-refractivity contribution in [1.82, 2.24) is 0 Å². The summed E-state index contributed by atoms with van der Waals surface area (Å²) in [5.74, 6) is 0. The third-order valence-electron chi connectivity index (χ3n) is 0.405. The third-order valence-corrected chi connectivity index (χ3v) is 0.405. The molecule has 0 atom stereocenters. The molecule has 0 radical (unpaired) electrons. The van der Waals surface area contributed by atoms with E-state index in [9.17, 15) is 0 Å². The predicted molar refractivity (Wildman–Crippen MR) is 26.0 cm³/mol. The Hall–Kier alpha value is -0.150. The molecule has 0 saturated carbocycles. The van der Waals surface area contributed by atoms with Gasteiger partial charge in [0.1, 0.15) is 6.79 Å². The van der Waals surface area contributed by atoms with Crippen molar-refractivity contribution in [3.63, 3.8) is 0 Å². The summed E-state index contributed by atoms with van der Waals surface area (Å²) in [7, 11) is 1.61. The van der Waals surface area contributed by atoms with Crippen LogP contribution in [0, 0.1) is 0 Å². The van der Waals surface area contributed by atoms with Crippen LogP contribution in [0.2, 0.25) is 0 Å². The summed E-state index contributed by atoms with van der Waals surface area (Å²) in [6.07, 6.45) is 0. The average Bonchev–Trinajstić information content (AvgIpc) is 1.61. The SMILES string of the molecule is CCOCOC.F. The van der Waals surface area contributed by atoms with E-state index in [1.165, 1.54) is 0 Å². The fourth-order valence-electron chi connectivity index (χ4n) is 0.167. The minimum atomic E-state index is 0. The van der Waals surface area contributed by atoms with Crippen molar-refractivity contribution in [3.8, 4) is 0 Å². The van der Waals surface area contributed by atoms with E-state index in [0.717, 1.165) is 6.61 Å². The van der Waals surface area contributed by atoms with Crippen molar-refractivity contribution in [3.05, 3.63) is 0 Å². The molecule has 0 fully saturated rings. The fraction of sp³-hybridized carbons (Fsp3) is 1.00. The van der Waals surface area contributed by atoms with Gasteiger partial charge in [-0.2, -0.15) is 0 Å². The number of hydrogen-bond acceptors (Lipinski definition) is 2. The predicted octanol–water partition coefficient (Wildman–Crippen LogP) is 0.779. The number of ether oxygens (including phenoxy) is 2. The summed E-state index contributed by atoms with van der Waals surface area (Å²) in [5.41, 5.74) is 0. The number of hydrogen-bond donors (Lipinski definition) is 0. The largest absolute Gasteiger partial charge is 0.359 e. The molecule has 3 heteroatoms. The van der Waals surface area contributed by atoms with Gasteiger partial charge in [-0.05, 0) is 6.92 Å². The standard InChI is InChI=1S/C4H10O2.FH/c1-3-6-4-5-2;/h3-4H2,1-2H3;1H. The lowest BCUT2D eigenvalue weighted by Gasteiger charge is -1.93. The lowest BCUT2D eigenvalue weighted by atomic mass is 10.9. The molecule has 46 valence electrons. The average molecular weight is 110 g/mol. The van der Waals surface area contributed by atoms with E-state index >= 15 is 0 Å². The highest BCUT2D eigenvalue weighted by Gasteiger charge is 1.71. The van der Waals surface area contributed by atoms with Crippen LogP contribution in [0.5, 0.6) is 0 Å². The molecule has 0 aromatic heterocycles. The molecule has 7 heavy (non-hydrogen) atoms. The second-order valence-electron chi connectivity index (χ2n) is 0.899. The topological polar surface area (TPSA) is 18.5 Å². The van der Waals surface area contributed by atoms with Gasteiger partial charge in [-0.3, -0.25) is 4.70 Å². The molecule has 0 aliphatic heterocycles. The normalized spacial score (nSPS) is 7.71. The van der Waals surface area contributed by atoms with Crippen LogP contribution in [0.4, 0.5) is 4.70 Å². The summed E-state index contributed by atoms with van der Waals surface area (Å²) in [4.78, 5) is 0. The zero-order chi connectivity index (χ0) is 4.83. The first kappa shape index (κ1) is 9.97. The van der Waals surface area contributed by atoms with Gasteiger partial charge >= 0.3 is 0 Å². The number of methoxy groups -OCH3 is 1. The first-order valence-corrected chi connectivity index (χ1v) is 1.98. The molecule has 2 nitrogen and oxygen atoms in total. The van der Waals surface area contributed by atoms with E-state index in [1.54, 1.807) is 7.11 Å². The van der Waals surface area contributed by atoms with Gasteiger partial charge in [-0.1, -0.05) is 0 Å². The first-order valence-electron chi connectivity index (χ1n) is 1.98. The van der Waals surface area contributed by atoms with Crippen molar-refractivity contribution in [2.75, 3.05) is 20.5 Å². The summed E-state index contributed by atoms with van der Waals surface area (Å²) >= 11 is 0.